The van der Waals surface area contributed by atoms with Crippen LogP contribution in [0.4, 0.5) is 10.6 Å². The van der Waals surface area contributed by atoms with Crippen molar-refractivity contribution in [1.82, 2.24) is 14.9 Å². The molecular weight excluding hydrogens is 292 g/mol. The Bertz CT molecular complexity index is 713. The highest BCUT2D eigenvalue weighted by molar-refractivity contribution is 6.30. The van der Waals surface area contributed by atoms with Crippen molar-refractivity contribution in [2.45, 2.75) is 13.5 Å². The van der Waals surface area contributed by atoms with Crippen LogP contribution in [-0.4, -0.2) is 22.6 Å². The predicted octanol–water partition coefficient (Wildman–Crippen LogP) is 2.00. The normalized spacial score (nSPS) is 10.2. The van der Waals surface area contributed by atoms with Crippen LogP contribution in [0.15, 0.2) is 35.1 Å². The molecule has 1 aromatic heterocycles. The highest BCUT2D eigenvalue weighted by Crippen LogP contribution is 2.14. The number of nitrogens with one attached hydrogen (secondary N) is 2. The minimum Gasteiger partial charge on any atom is -0.341 e. The third kappa shape index (κ3) is 3.41. The Labute approximate surface area is 126 Å². The van der Waals surface area contributed by atoms with Gasteiger partial charge >= 0.3 is 6.03 Å². The summed E-state index contributed by atoms with van der Waals surface area (Å²) in [5, 5.41) is 4.92. The largest absolute Gasteiger partial charge is 0.341 e. The number of carbonyl (C=O) groups excluding carboxylic acids is 1. The van der Waals surface area contributed by atoms with Gasteiger partial charge in [-0.3, -0.25) is 10.1 Å². The van der Waals surface area contributed by atoms with Crippen LogP contribution in [0.5, 0.6) is 0 Å². The highest BCUT2D eigenvalue weighted by Gasteiger charge is 2.14. The number of anilines is 1. The van der Waals surface area contributed by atoms with Gasteiger partial charge in [-0.2, -0.15) is 0 Å². The fraction of sp³-hybridized carbons (Fsp3) is 0.214. The molecule has 0 atom stereocenters. The van der Waals surface area contributed by atoms with Crippen molar-refractivity contribution in [3.63, 3.8) is 0 Å². The molecule has 0 radical (unpaired) electrons. The predicted molar refractivity (Wildman–Crippen MR) is 81.9 cm³/mol. The Kier molecular flexibility index (Phi) is 4.59. The lowest BCUT2D eigenvalue weighted by molar-refractivity contribution is 0.254. The molecule has 1 heterocycles. The number of nitrogens with zero attached hydrogens (tertiary/aromatic N) is 2. The van der Waals surface area contributed by atoms with Gasteiger partial charge in [-0.25, -0.2) is 9.78 Å². The maximum Gasteiger partial charge on any atom is 0.320 e. The molecule has 2 N–H and O–H groups in total. The molecule has 2 amide bonds. The molecule has 21 heavy (non-hydrogen) atoms. The minimum atomic E-state index is -0.522. The molecule has 110 valence electrons. The second-order valence-corrected chi connectivity index (χ2v) is 4.78. The van der Waals surface area contributed by atoms with Gasteiger partial charge in [-0.05, 0) is 12.5 Å². The van der Waals surface area contributed by atoms with Crippen LogP contribution in [-0.2, 0) is 6.54 Å². The monoisotopic (exact) mass is 306 g/mol. The summed E-state index contributed by atoms with van der Waals surface area (Å²) in [4.78, 5) is 27.7. The first kappa shape index (κ1) is 15.1. The third-order valence-corrected chi connectivity index (χ3v) is 3.36. The van der Waals surface area contributed by atoms with Crippen molar-refractivity contribution in [2.24, 2.45) is 0 Å². The second-order valence-electron chi connectivity index (χ2n) is 4.42. The summed E-state index contributed by atoms with van der Waals surface area (Å²) in [7, 11) is 1.45. The molecule has 0 saturated carbocycles. The first-order valence-corrected chi connectivity index (χ1v) is 6.70. The Hall–Kier alpha value is -2.34. The van der Waals surface area contributed by atoms with E-state index in [1.807, 2.05) is 30.3 Å². The molecule has 1 aromatic carbocycles. The molecule has 0 aliphatic carbocycles. The zero-order chi connectivity index (χ0) is 15.4. The van der Waals surface area contributed by atoms with E-state index in [-0.39, 0.29) is 11.0 Å². The summed E-state index contributed by atoms with van der Waals surface area (Å²) in [5.74, 6) is -0.0964. The number of hydrogen-bond donors (Lipinski definition) is 2. The van der Waals surface area contributed by atoms with Gasteiger partial charge in [-0.1, -0.05) is 41.9 Å². The van der Waals surface area contributed by atoms with E-state index in [1.165, 1.54) is 11.6 Å². The van der Waals surface area contributed by atoms with Crippen LogP contribution >= 0.6 is 11.6 Å². The van der Waals surface area contributed by atoms with E-state index in [4.69, 9.17) is 11.6 Å². The van der Waals surface area contributed by atoms with E-state index >= 15 is 0 Å². The average Bonchev–Trinajstić information content (AvgIpc) is 2.50. The quantitative estimate of drug-likeness (QED) is 0.910. The van der Waals surface area contributed by atoms with Gasteiger partial charge in [0.15, 0.2) is 5.15 Å². The van der Waals surface area contributed by atoms with Crippen molar-refractivity contribution >= 4 is 23.4 Å². The average molecular weight is 307 g/mol. The number of rotatable bonds is 3. The van der Waals surface area contributed by atoms with Crippen LogP contribution in [0, 0.1) is 6.92 Å². The Morgan fingerprint density at radius 1 is 1.33 bits per heavy atom. The van der Waals surface area contributed by atoms with Crippen molar-refractivity contribution in [3.05, 3.63) is 57.1 Å². The molecule has 0 saturated heterocycles. The fourth-order valence-electron chi connectivity index (χ4n) is 1.83. The van der Waals surface area contributed by atoms with Crippen molar-refractivity contribution in [3.8, 4) is 0 Å². The van der Waals surface area contributed by atoms with Crippen molar-refractivity contribution in [1.29, 1.82) is 0 Å². The van der Waals surface area contributed by atoms with Gasteiger partial charge in [0.25, 0.3) is 5.56 Å². The van der Waals surface area contributed by atoms with Gasteiger partial charge in [0.1, 0.15) is 0 Å². The Morgan fingerprint density at radius 2 is 2.00 bits per heavy atom. The standard InChI is InChI=1S/C14H15ClN4O2/c1-9-11(15)17-12(18-14(21)16-2)13(20)19(9)8-10-6-4-3-5-7-10/h3-7H,8H2,1-2H3,(H2,16,17,18,21). The SMILES string of the molecule is CNC(=O)Nc1nc(Cl)c(C)n(Cc2ccccc2)c1=O. The lowest BCUT2D eigenvalue weighted by atomic mass is 10.2. The van der Waals surface area contributed by atoms with Gasteiger partial charge in [0, 0.05) is 7.05 Å². The van der Waals surface area contributed by atoms with Crippen LogP contribution in [0.2, 0.25) is 5.15 Å². The van der Waals surface area contributed by atoms with Crippen LogP contribution < -0.4 is 16.2 Å². The highest BCUT2D eigenvalue weighted by atomic mass is 35.5. The molecule has 0 aliphatic rings. The van der Waals surface area contributed by atoms with Crippen LogP contribution in [0.25, 0.3) is 0 Å². The molecule has 0 spiro atoms. The molecule has 2 rings (SSSR count). The smallest absolute Gasteiger partial charge is 0.320 e. The summed E-state index contributed by atoms with van der Waals surface area (Å²) in [6.07, 6.45) is 0. The maximum absolute atomic E-state index is 12.4. The lowest BCUT2D eigenvalue weighted by Gasteiger charge is -2.13. The second kappa shape index (κ2) is 6.41. The van der Waals surface area contributed by atoms with Gasteiger partial charge in [-0.15, -0.1) is 0 Å². The number of carbonyl (C=O) groups is 1. The molecule has 6 nitrogen and oxygen atoms in total. The van der Waals surface area contributed by atoms with E-state index < -0.39 is 11.6 Å². The summed E-state index contributed by atoms with van der Waals surface area (Å²) in [6.45, 7) is 2.07. The molecule has 0 aliphatic heterocycles. The van der Waals surface area contributed by atoms with Gasteiger partial charge < -0.3 is 9.88 Å². The zero-order valence-electron chi connectivity index (χ0n) is 11.7. The summed E-state index contributed by atoms with van der Waals surface area (Å²) in [5.41, 5.74) is 1.10. The van der Waals surface area contributed by atoms with E-state index in [9.17, 15) is 9.59 Å². The third-order valence-electron chi connectivity index (χ3n) is 3.00. The van der Waals surface area contributed by atoms with Crippen LogP contribution in [0.1, 0.15) is 11.3 Å². The Balaban J connectivity index is 2.45. The number of aromatic nitrogens is 2. The summed E-state index contributed by atoms with van der Waals surface area (Å²) in [6, 6.07) is 8.98. The van der Waals surface area contributed by atoms with Gasteiger partial charge in [0.05, 0.1) is 12.2 Å². The number of amides is 2. The topological polar surface area (TPSA) is 76.0 Å². The maximum atomic E-state index is 12.4. The van der Waals surface area contributed by atoms with E-state index in [0.717, 1.165) is 5.56 Å². The first-order chi connectivity index (χ1) is 10.0. The summed E-state index contributed by atoms with van der Waals surface area (Å²) < 4.78 is 1.48. The number of benzene rings is 1. The van der Waals surface area contributed by atoms with E-state index in [1.54, 1.807) is 6.92 Å². The molecule has 7 heteroatoms. The van der Waals surface area contributed by atoms with Crippen LogP contribution in [0.3, 0.4) is 0 Å². The van der Waals surface area contributed by atoms with E-state index in [2.05, 4.69) is 15.6 Å². The number of urea groups is 1. The minimum absolute atomic E-state index is 0.0964. The summed E-state index contributed by atoms with van der Waals surface area (Å²) >= 11 is 6.04. The zero-order valence-corrected chi connectivity index (χ0v) is 12.4. The fourth-order valence-corrected chi connectivity index (χ4v) is 2.01. The molecule has 2 aromatic rings. The lowest BCUT2D eigenvalue weighted by Crippen LogP contribution is -2.33. The molecule has 0 fully saturated rings. The number of halogens is 1. The molecule has 0 bridgehead atoms. The molecule has 0 unspecified atom stereocenters. The molecular formula is C14H15ClN4O2. The van der Waals surface area contributed by atoms with E-state index in [0.29, 0.717) is 12.2 Å². The van der Waals surface area contributed by atoms with Crippen molar-refractivity contribution in [2.75, 3.05) is 12.4 Å². The van der Waals surface area contributed by atoms with Crippen molar-refractivity contribution < 1.29 is 4.79 Å². The first-order valence-electron chi connectivity index (χ1n) is 6.32. The van der Waals surface area contributed by atoms with Gasteiger partial charge in [0.2, 0.25) is 5.82 Å². The number of hydrogen-bond acceptors (Lipinski definition) is 3. The Morgan fingerprint density at radius 3 is 2.62 bits per heavy atom.